The zero-order valence-electron chi connectivity index (χ0n) is 13.1. The predicted octanol–water partition coefficient (Wildman–Crippen LogP) is 3.24. The van der Waals surface area contributed by atoms with Crippen molar-refractivity contribution in [3.05, 3.63) is 65.5 Å². The van der Waals surface area contributed by atoms with E-state index in [-0.39, 0.29) is 23.4 Å². The molecule has 0 aromatic heterocycles. The highest BCUT2D eigenvalue weighted by Gasteiger charge is 2.10. The minimum atomic E-state index is -0.896. The van der Waals surface area contributed by atoms with Crippen LogP contribution in [0.3, 0.4) is 0 Å². The lowest BCUT2D eigenvalue weighted by atomic mass is 10.2. The quantitative estimate of drug-likeness (QED) is 0.643. The summed E-state index contributed by atoms with van der Waals surface area (Å²) in [6.45, 7) is 1.49. The molecule has 2 aromatic rings. The lowest BCUT2D eigenvalue weighted by molar-refractivity contribution is -0.115. The first-order valence-electron chi connectivity index (χ1n) is 7.19. The molecular formula is C17H14F3N3O2. The molecule has 0 fully saturated rings. The van der Waals surface area contributed by atoms with Crippen LogP contribution in [0.2, 0.25) is 0 Å². The standard InChI is InChI=1S/C17H14F3N3O2/c1-10(22-23-17(25)11-2-4-12(18)5-3-11)8-16(24)21-15-7-6-13(19)9-14(15)20/h2-7,9H,8H2,1H3,(H,21,24)(H,23,25)/b22-10-. The lowest BCUT2D eigenvalue weighted by Crippen LogP contribution is -2.21. The minimum Gasteiger partial charge on any atom is -0.323 e. The largest absolute Gasteiger partial charge is 0.323 e. The summed E-state index contributed by atoms with van der Waals surface area (Å²) < 4.78 is 39.0. The van der Waals surface area contributed by atoms with Crippen LogP contribution in [0.1, 0.15) is 23.7 Å². The SMILES string of the molecule is C/C(CC(=O)Nc1ccc(F)cc1F)=N/NC(=O)c1ccc(F)cc1. The van der Waals surface area contributed by atoms with Gasteiger partial charge in [0, 0.05) is 17.3 Å². The molecule has 2 aromatic carbocycles. The molecule has 130 valence electrons. The Morgan fingerprint density at radius 2 is 1.64 bits per heavy atom. The maximum Gasteiger partial charge on any atom is 0.271 e. The van der Waals surface area contributed by atoms with E-state index in [1.807, 2.05) is 0 Å². The normalized spacial score (nSPS) is 11.1. The Morgan fingerprint density at radius 3 is 2.28 bits per heavy atom. The summed E-state index contributed by atoms with van der Waals surface area (Å²) >= 11 is 0. The number of hydrogen-bond acceptors (Lipinski definition) is 3. The van der Waals surface area contributed by atoms with Gasteiger partial charge in [0.05, 0.1) is 12.1 Å². The Morgan fingerprint density at radius 1 is 1.00 bits per heavy atom. The molecule has 0 unspecified atom stereocenters. The van der Waals surface area contributed by atoms with Gasteiger partial charge in [0.2, 0.25) is 5.91 Å². The highest BCUT2D eigenvalue weighted by molar-refractivity contribution is 6.06. The summed E-state index contributed by atoms with van der Waals surface area (Å²) in [5, 5.41) is 6.03. The maximum atomic E-state index is 13.4. The number of anilines is 1. The fraction of sp³-hybridized carbons (Fsp3) is 0.118. The van der Waals surface area contributed by atoms with Crippen molar-refractivity contribution >= 4 is 23.2 Å². The van der Waals surface area contributed by atoms with Gasteiger partial charge in [-0.15, -0.1) is 0 Å². The molecule has 0 spiro atoms. The second-order valence-electron chi connectivity index (χ2n) is 5.14. The number of nitrogens with zero attached hydrogens (tertiary/aromatic N) is 1. The third-order valence-electron chi connectivity index (χ3n) is 3.08. The van der Waals surface area contributed by atoms with Gasteiger partial charge in [-0.2, -0.15) is 5.10 Å². The molecule has 25 heavy (non-hydrogen) atoms. The van der Waals surface area contributed by atoms with Crippen molar-refractivity contribution < 1.29 is 22.8 Å². The third kappa shape index (κ3) is 5.45. The van der Waals surface area contributed by atoms with Crippen LogP contribution in [0.25, 0.3) is 0 Å². The molecule has 0 bridgehead atoms. The first-order chi connectivity index (χ1) is 11.8. The van der Waals surface area contributed by atoms with E-state index in [0.29, 0.717) is 6.07 Å². The van der Waals surface area contributed by atoms with E-state index in [0.717, 1.165) is 24.3 Å². The second kappa shape index (κ2) is 8.09. The zero-order chi connectivity index (χ0) is 18.4. The number of rotatable bonds is 5. The van der Waals surface area contributed by atoms with Crippen molar-refractivity contribution in [2.45, 2.75) is 13.3 Å². The number of amides is 2. The van der Waals surface area contributed by atoms with Crippen molar-refractivity contribution in [2.24, 2.45) is 5.10 Å². The summed E-state index contributed by atoms with van der Waals surface area (Å²) in [5.74, 6) is -3.27. The molecule has 2 rings (SSSR count). The smallest absolute Gasteiger partial charge is 0.271 e. The Labute approximate surface area is 141 Å². The first kappa shape index (κ1) is 18.2. The van der Waals surface area contributed by atoms with E-state index in [4.69, 9.17) is 0 Å². The summed E-state index contributed by atoms with van der Waals surface area (Å²) in [5.41, 5.74) is 2.54. The molecule has 0 atom stereocenters. The van der Waals surface area contributed by atoms with Crippen LogP contribution in [0.15, 0.2) is 47.6 Å². The summed E-state index contributed by atoms with van der Waals surface area (Å²) in [4.78, 5) is 23.6. The summed E-state index contributed by atoms with van der Waals surface area (Å²) in [6, 6.07) is 7.62. The number of nitrogens with one attached hydrogen (secondary N) is 2. The number of hydrazone groups is 1. The number of benzene rings is 2. The molecule has 0 saturated carbocycles. The molecule has 0 radical (unpaired) electrons. The minimum absolute atomic E-state index is 0.158. The number of carbonyl (C=O) groups is 2. The van der Waals surface area contributed by atoms with E-state index in [2.05, 4.69) is 15.8 Å². The number of carbonyl (C=O) groups excluding carboxylic acids is 2. The Kier molecular flexibility index (Phi) is 5.89. The van der Waals surface area contributed by atoms with Gasteiger partial charge in [0.1, 0.15) is 17.5 Å². The van der Waals surface area contributed by atoms with Crippen molar-refractivity contribution in [2.75, 3.05) is 5.32 Å². The zero-order valence-corrected chi connectivity index (χ0v) is 13.1. The van der Waals surface area contributed by atoms with E-state index >= 15 is 0 Å². The summed E-state index contributed by atoms with van der Waals surface area (Å²) in [7, 11) is 0. The highest BCUT2D eigenvalue weighted by Crippen LogP contribution is 2.15. The molecule has 8 heteroatoms. The van der Waals surface area contributed by atoms with Crippen LogP contribution in [0.4, 0.5) is 18.9 Å². The van der Waals surface area contributed by atoms with Gasteiger partial charge in [0.15, 0.2) is 0 Å². The van der Waals surface area contributed by atoms with Crippen LogP contribution in [-0.2, 0) is 4.79 Å². The van der Waals surface area contributed by atoms with E-state index in [1.54, 1.807) is 0 Å². The molecule has 0 aliphatic carbocycles. The van der Waals surface area contributed by atoms with Crippen LogP contribution >= 0.6 is 0 Å². The summed E-state index contributed by atoms with van der Waals surface area (Å²) in [6.07, 6.45) is -0.208. The first-order valence-corrected chi connectivity index (χ1v) is 7.19. The number of hydrogen-bond donors (Lipinski definition) is 2. The number of halogens is 3. The predicted molar refractivity (Wildman–Crippen MR) is 86.6 cm³/mol. The van der Waals surface area contributed by atoms with Gasteiger partial charge in [-0.1, -0.05) is 0 Å². The fourth-order valence-electron chi connectivity index (χ4n) is 1.87. The van der Waals surface area contributed by atoms with Gasteiger partial charge in [-0.05, 0) is 43.3 Å². The molecule has 2 amide bonds. The monoisotopic (exact) mass is 349 g/mol. The van der Waals surface area contributed by atoms with Crippen molar-refractivity contribution in [1.82, 2.24) is 5.43 Å². The van der Waals surface area contributed by atoms with E-state index in [1.165, 1.54) is 19.1 Å². The average Bonchev–Trinajstić information content (AvgIpc) is 2.56. The fourth-order valence-corrected chi connectivity index (χ4v) is 1.87. The molecule has 0 aliphatic rings. The Balaban J connectivity index is 1.90. The maximum absolute atomic E-state index is 13.4. The van der Waals surface area contributed by atoms with Crippen LogP contribution in [0.5, 0.6) is 0 Å². The molecular weight excluding hydrogens is 335 g/mol. The van der Waals surface area contributed by atoms with Crippen LogP contribution < -0.4 is 10.7 Å². The Hall–Kier alpha value is -3.16. The topological polar surface area (TPSA) is 70.6 Å². The molecule has 0 heterocycles. The molecule has 0 aliphatic heterocycles. The highest BCUT2D eigenvalue weighted by atomic mass is 19.1. The molecule has 0 saturated heterocycles. The van der Waals surface area contributed by atoms with Gasteiger partial charge < -0.3 is 5.32 Å². The lowest BCUT2D eigenvalue weighted by Gasteiger charge is -2.06. The van der Waals surface area contributed by atoms with Crippen LogP contribution in [0, 0.1) is 17.5 Å². The van der Waals surface area contributed by atoms with Gasteiger partial charge >= 0.3 is 0 Å². The van der Waals surface area contributed by atoms with Gasteiger partial charge in [-0.3, -0.25) is 9.59 Å². The third-order valence-corrected chi connectivity index (χ3v) is 3.08. The van der Waals surface area contributed by atoms with Gasteiger partial charge in [-0.25, -0.2) is 18.6 Å². The second-order valence-corrected chi connectivity index (χ2v) is 5.14. The van der Waals surface area contributed by atoms with E-state index < -0.39 is 29.3 Å². The molecule has 2 N–H and O–H groups in total. The van der Waals surface area contributed by atoms with Crippen molar-refractivity contribution in [1.29, 1.82) is 0 Å². The van der Waals surface area contributed by atoms with Crippen molar-refractivity contribution in [3.63, 3.8) is 0 Å². The van der Waals surface area contributed by atoms with Crippen LogP contribution in [-0.4, -0.2) is 17.5 Å². The molecule has 5 nitrogen and oxygen atoms in total. The average molecular weight is 349 g/mol. The Bertz CT molecular complexity index is 820. The van der Waals surface area contributed by atoms with Crippen molar-refractivity contribution in [3.8, 4) is 0 Å². The van der Waals surface area contributed by atoms with E-state index in [9.17, 15) is 22.8 Å². The van der Waals surface area contributed by atoms with Gasteiger partial charge in [0.25, 0.3) is 5.91 Å².